The van der Waals surface area contributed by atoms with Crippen LogP contribution < -0.4 is 0 Å². The van der Waals surface area contributed by atoms with E-state index in [0.29, 0.717) is 0 Å². The second-order valence-electron chi connectivity index (χ2n) is 7.46. The van der Waals surface area contributed by atoms with Crippen LogP contribution in [0.2, 0.25) is 0 Å². The van der Waals surface area contributed by atoms with Gasteiger partial charge in [0.1, 0.15) is 0 Å². The average molecular weight is 367 g/mol. The van der Waals surface area contributed by atoms with Gasteiger partial charge in [-0.05, 0) is 38.8 Å². The van der Waals surface area contributed by atoms with Crippen LogP contribution in [0.4, 0.5) is 4.79 Å². The van der Waals surface area contributed by atoms with E-state index in [9.17, 15) is 9.59 Å². The third kappa shape index (κ3) is 2.52. The molecule has 1 saturated heterocycles. The minimum atomic E-state index is -0.501. The number of guanidine groups is 1. The van der Waals surface area contributed by atoms with Gasteiger partial charge < -0.3 is 14.7 Å². The number of nitrogens with zero attached hydrogens (tertiary/aromatic N) is 5. The molecular formula is C20H25N5O2. The van der Waals surface area contributed by atoms with Crippen molar-refractivity contribution in [3.05, 3.63) is 46.8 Å². The van der Waals surface area contributed by atoms with Crippen LogP contribution in [0.15, 0.2) is 35.1 Å². The van der Waals surface area contributed by atoms with Gasteiger partial charge in [-0.25, -0.2) is 9.79 Å². The molecule has 0 bridgehead atoms. The molecule has 4 rings (SSSR count). The topological polar surface area (TPSA) is 59.5 Å². The zero-order valence-corrected chi connectivity index (χ0v) is 16.4. The molecule has 3 aliphatic heterocycles. The van der Waals surface area contributed by atoms with Crippen LogP contribution in [-0.4, -0.2) is 63.3 Å². The second kappa shape index (κ2) is 6.11. The van der Waals surface area contributed by atoms with Gasteiger partial charge in [-0.15, -0.1) is 0 Å². The van der Waals surface area contributed by atoms with Crippen molar-refractivity contribution in [2.45, 2.75) is 46.4 Å². The van der Waals surface area contributed by atoms with E-state index in [1.165, 1.54) is 4.90 Å². The molecular weight excluding hydrogens is 342 g/mol. The maximum absolute atomic E-state index is 13.3. The van der Waals surface area contributed by atoms with E-state index in [1.54, 1.807) is 11.9 Å². The fourth-order valence-corrected chi connectivity index (χ4v) is 4.08. The molecule has 3 amide bonds. The predicted octanol–water partition coefficient (Wildman–Crippen LogP) is 2.26. The highest BCUT2D eigenvalue weighted by Crippen LogP contribution is 2.34. The first-order valence-electron chi connectivity index (χ1n) is 9.30. The van der Waals surface area contributed by atoms with Crippen molar-refractivity contribution in [1.82, 2.24) is 19.6 Å². The van der Waals surface area contributed by atoms with Gasteiger partial charge in [-0.2, -0.15) is 0 Å². The Morgan fingerprint density at radius 1 is 1.11 bits per heavy atom. The van der Waals surface area contributed by atoms with E-state index < -0.39 is 12.2 Å². The Labute approximate surface area is 159 Å². The molecule has 3 aliphatic rings. The number of urea groups is 1. The third-order valence-corrected chi connectivity index (χ3v) is 5.65. The van der Waals surface area contributed by atoms with Crippen molar-refractivity contribution in [1.29, 1.82) is 0 Å². The molecule has 2 atom stereocenters. The lowest BCUT2D eigenvalue weighted by Crippen LogP contribution is -2.63. The molecule has 27 heavy (non-hydrogen) atoms. The molecule has 2 unspecified atom stereocenters. The molecule has 1 fully saturated rings. The molecule has 0 aliphatic carbocycles. The standard InChI is InChI=1S/C20H25N5O2/c1-6-23-14(4)10-24-16-17(21-19(23)24)22(5)20(27)25(18(16)26)11-15-9-12(2)7-8-13(15)3/h7-10,16-17H,6,11H2,1-5H3. The van der Waals surface area contributed by atoms with Crippen molar-refractivity contribution in [2.75, 3.05) is 13.6 Å². The Kier molecular flexibility index (Phi) is 3.98. The van der Waals surface area contributed by atoms with Crippen LogP contribution in [0.25, 0.3) is 0 Å². The van der Waals surface area contributed by atoms with Crippen molar-refractivity contribution < 1.29 is 9.59 Å². The Balaban J connectivity index is 1.67. The highest BCUT2D eigenvalue weighted by molar-refractivity contribution is 6.04. The predicted molar refractivity (Wildman–Crippen MR) is 103 cm³/mol. The summed E-state index contributed by atoms with van der Waals surface area (Å²) in [6, 6.07) is 5.31. The minimum Gasteiger partial charge on any atom is -0.315 e. The van der Waals surface area contributed by atoms with Gasteiger partial charge in [0.2, 0.25) is 5.96 Å². The first kappa shape index (κ1) is 17.6. The van der Waals surface area contributed by atoms with Gasteiger partial charge >= 0.3 is 6.03 Å². The highest BCUT2D eigenvalue weighted by Gasteiger charge is 2.54. The van der Waals surface area contributed by atoms with Gasteiger partial charge in [-0.1, -0.05) is 23.8 Å². The molecule has 1 aromatic carbocycles. The molecule has 0 N–H and O–H groups in total. The number of aryl methyl sites for hydroxylation is 2. The lowest BCUT2D eigenvalue weighted by atomic mass is 10.0. The molecule has 7 heteroatoms. The number of allylic oxidation sites excluding steroid dienone is 1. The van der Waals surface area contributed by atoms with E-state index >= 15 is 0 Å². The molecule has 142 valence electrons. The largest absolute Gasteiger partial charge is 0.328 e. The van der Waals surface area contributed by atoms with Crippen LogP contribution in [0.5, 0.6) is 0 Å². The number of aliphatic imine (C=N–C) groups is 1. The van der Waals surface area contributed by atoms with E-state index in [-0.39, 0.29) is 18.5 Å². The fourth-order valence-electron chi connectivity index (χ4n) is 4.08. The fraction of sp³-hybridized carbons (Fsp3) is 0.450. The Hall–Kier alpha value is -2.83. The van der Waals surface area contributed by atoms with Crippen molar-refractivity contribution >= 4 is 17.9 Å². The maximum atomic E-state index is 13.3. The van der Waals surface area contributed by atoms with E-state index in [1.807, 2.05) is 50.1 Å². The number of imide groups is 1. The molecule has 1 aromatic rings. The normalized spacial score (nSPS) is 24.3. The summed E-state index contributed by atoms with van der Waals surface area (Å²) in [5, 5.41) is 0. The summed E-state index contributed by atoms with van der Waals surface area (Å²) in [5.41, 5.74) is 4.24. The number of hydrogen-bond acceptors (Lipinski definition) is 5. The number of hydrogen-bond donors (Lipinski definition) is 0. The summed E-state index contributed by atoms with van der Waals surface area (Å²) in [6.07, 6.45) is 1.48. The van der Waals surface area contributed by atoms with E-state index in [2.05, 4.69) is 11.8 Å². The second-order valence-corrected chi connectivity index (χ2v) is 7.46. The van der Waals surface area contributed by atoms with Gasteiger partial charge in [0.05, 0.1) is 6.54 Å². The number of benzene rings is 1. The first-order valence-corrected chi connectivity index (χ1v) is 9.30. The summed E-state index contributed by atoms with van der Waals surface area (Å²) >= 11 is 0. The summed E-state index contributed by atoms with van der Waals surface area (Å²) in [7, 11) is 1.72. The first-order chi connectivity index (χ1) is 12.8. The molecule has 7 nitrogen and oxygen atoms in total. The maximum Gasteiger partial charge on any atom is 0.328 e. The van der Waals surface area contributed by atoms with Crippen LogP contribution in [0, 0.1) is 13.8 Å². The van der Waals surface area contributed by atoms with Crippen molar-refractivity contribution in [2.24, 2.45) is 4.99 Å². The Morgan fingerprint density at radius 2 is 1.85 bits per heavy atom. The van der Waals surface area contributed by atoms with E-state index in [4.69, 9.17) is 4.99 Å². The summed E-state index contributed by atoms with van der Waals surface area (Å²) in [5.74, 6) is 0.566. The van der Waals surface area contributed by atoms with Crippen LogP contribution >= 0.6 is 0 Å². The molecule has 0 aromatic heterocycles. The number of amides is 3. The summed E-state index contributed by atoms with van der Waals surface area (Å²) in [6.45, 7) is 9.13. The lowest BCUT2D eigenvalue weighted by Gasteiger charge is -2.40. The van der Waals surface area contributed by atoms with Gasteiger partial charge in [0.15, 0.2) is 12.2 Å². The molecule has 0 radical (unpaired) electrons. The van der Waals surface area contributed by atoms with Gasteiger partial charge in [0, 0.05) is 25.5 Å². The molecule has 0 saturated carbocycles. The zero-order chi connectivity index (χ0) is 19.5. The zero-order valence-electron chi connectivity index (χ0n) is 16.4. The highest BCUT2D eigenvalue weighted by atomic mass is 16.2. The molecule has 3 heterocycles. The SMILES string of the molecule is CCN1C(C)=CN2C1=NC1C2C(=O)N(Cc2cc(C)ccc2C)C(=O)N1C. The third-order valence-electron chi connectivity index (χ3n) is 5.65. The van der Waals surface area contributed by atoms with E-state index in [0.717, 1.165) is 34.9 Å². The Bertz CT molecular complexity index is 890. The number of rotatable bonds is 3. The van der Waals surface area contributed by atoms with Crippen LogP contribution in [0.1, 0.15) is 30.5 Å². The van der Waals surface area contributed by atoms with Crippen LogP contribution in [-0.2, 0) is 11.3 Å². The summed E-state index contributed by atoms with van der Waals surface area (Å²) < 4.78 is 0. The molecule has 0 spiro atoms. The Morgan fingerprint density at radius 3 is 2.56 bits per heavy atom. The van der Waals surface area contributed by atoms with Crippen molar-refractivity contribution in [3.8, 4) is 0 Å². The minimum absolute atomic E-state index is 0.190. The average Bonchev–Trinajstić information content (AvgIpc) is 3.14. The summed E-state index contributed by atoms with van der Waals surface area (Å²) in [4.78, 5) is 37.9. The van der Waals surface area contributed by atoms with Crippen molar-refractivity contribution in [3.63, 3.8) is 0 Å². The number of carbonyl (C=O) groups is 2. The van der Waals surface area contributed by atoms with Crippen LogP contribution in [0.3, 0.4) is 0 Å². The smallest absolute Gasteiger partial charge is 0.315 e. The van der Waals surface area contributed by atoms with Gasteiger partial charge in [0.25, 0.3) is 5.91 Å². The monoisotopic (exact) mass is 367 g/mol. The lowest BCUT2D eigenvalue weighted by molar-refractivity contribution is -0.137. The number of fused-ring (bicyclic) bond motifs is 3. The number of likely N-dealkylation sites (N-methyl/N-ethyl adjacent to an activating group) is 1. The quantitative estimate of drug-likeness (QED) is 0.822. The number of carbonyl (C=O) groups excluding carboxylic acids is 2. The van der Waals surface area contributed by atoms with Gasteiger partial charge in [-0.3, -0.25) is 9.69 Å².